The third-order valence-electron chi connectivity index (χ3n) is 3.97. The van der Waals surface area contributed by atoms with Gasteiger partial charge in [0.25, 0.3) is 0 Å². The molecule has 0 aromatic heterocycles. The van der Waals surface area contributed by atoms with Gasteiger partial charge in [-0.3, -0.25) is 9.69 Å². The van der Waals surface area contributed by atoms with Crippen LogP contribution < -0.4 is 11.1 Å². The molecule has 1 amide bonds. The number of rotatable bonds is 6. The van der Waals surface area contributed by atoms with E-state index in [0.29, 0.717) is 32.5 Å². The van der Waals surface area contributed by atoms with Crippen LogP contribution in [-0.4, -0.2) is 49.2 Å². The summed E-state index contributed by atoms with van der Waals surface area (Å²) in [5.74, 6) is -0.214. The predicted octanol–water partition coefficient (Wildman–Crippen LogP) is 1.56. The minimum Gasteiger partial charge on any atom is -0.354 e. The third kappa shape index (κ3) is 6.19. The Hall–Kier alpha value is -1.60. The smallest absolute Gasteiger partial charge is 0.354 e. The first-order valence-electron chi connectivity index (χ1n) is 7.70. The summed E-state index contributed by atoms with van der Waals surface area (Å²) >= 11 is 0. The number of amides is 1. The van der Waals surface area contributed by atoms with E-state index in [-0.39, 0.29) is 11.8 Å². The molecule has 1 aliphatic heterocycles. The summed E-state index contributed by atoms with van der Waals surface area (Å²) in [6, 6.07) is 8.81. The molecule has 1 aliphatic rings. The average Bonchev–Trinajstić information content (AvgIpc) is 2.91. The first-order valence-corrected chi connectivity index (χ1v) is 7.70. The van der Waals surface area contributed by atoms with Gasteiger partial charge in [-0.15, -0.1) is 0 Å². The zero-order valence-corrected chi connectivity index (χ0v) is 12.9. The summed E-state index contributed by atoms with van der Waals surface area (Å²) in [5, 5.41) is 2.76. The molecule has 0 saturated carbocycles. The van der Waals surface area contributed by atoms with E-state index in [0.717, 1.165) is 5.56 Å². The lowest BCUT2D eigenvalue weighted by molar-refractivity contribution is -0.143. The number of nitrogens with two attached hydrogens (primary N) is 1. The summed E-state index contributed by atoms with van der Waals surface area (Å²) < 4.78 is 37.0. The quantitative estimate of drug-likeness (QED) is 0.833. The first kappa shape index (κ1) is 17.7. The maximum atomic E-state index is 12.3. The molecule has 2 rings (SSSR count). The number of carbonyl (C=O) groups excluding carboxylic acids is 1. The number of carbonyl (C=O) groups is 1. The van der Waals surface area contributed by atoms with Crippen LogP contribution in [0.15, 0.2) is 30.3 Å². The molecule has 2 atom stereocenters. The van der Waals surface area contributed by atoms with Crippen molar-refractivity contribution in [2.75, 3.05) is 26.2 Å². The fourth-order valence-electron chi connectivity index (χ4n) is 2.81. The van der Waals surface area contributed by atoms with E-state index in [9.17, 15) is 18.0 Å². The van der Waals surface area contributed by atoms with E-state index in [1.807, 2.05) is 30.3 Å². The van der Waals surface area contributed by atoms with Crippen LogP contribution in [0.3, 0.4) is 0 Å². The molecule has 1 aromatic carbocycles. The summed E-state index contributed by atoms with van der Waals surface area (Å²) in [6.45, 7) is 0.254. The van der Waals surface area contributed by atoms with Gasteiger partial charge in [-0.1, -0.05) is 30.3 Å². The second-order valence-corrected chi connectivity index (χ2v) is 6.05. The Morgan fingerprint density at radius 1 is 1.35 bits per heavy atom. The maximum Gasteiger partial charge on any atom is 0.401 e. The standard InChI is InChI=1S/C16H22F3N3O/c17-16(18,19)11-22-7-6-13(10-22)9-21-15(23)14(20)8-12-4-2-1-3-5-12/h1-5,13-14H,6-11,20H2,(H,21,23)/t13?,14-/m0/s1. The molecular formula is C16H22F3N3O. The van der Waals surface area contributed by atoms with E-state index in [2.05, 4.69) is 5.32 Å². The van der Waals surface area contributed by atoms with Gasteiger partial charge >= 0.3 is 6.18 Å². The molecule has 7 heteroatoms. The van der Waals surface area contributed by atoms with Crippen molar-refractivity contribution in [2.24, 2.45) is 11.7 Å². The van der Waals surface area contributed by atoms with E-state index in [4.69, 9.17) is 5.73 Å². The van der Waals surface area contributed by atoms with Gasteiger partial charge in [-0.25, -0.2) is 0 Å². The summed E-state index contributed by atoms with van der Waals surface area (Å²) in [6.07, 6.45) is -3.07. The van der Waals surface area contributed by atoms with Crippen LogP contribution >= 0.6 is 0 Å². The van der Waals surface area contributed by atoms with Crippen LogP contribution in [0.1, 0.15) is 12.0 Å². The first-order chi connectivity index (χ1) is 10.8. The predicted molar refractivity (Wildman–Crippen MR) is 81.7 cm³/mol. The molecule has 0 radical (unpaired) electrons. The van der Waals surface area contributed by atoms with Gasteiger partial charge < -0.3 is 11.1 Å². The highest BCUT2D eigenvalue weighted by Gasteiger charge is 2.34. The maximum absolute atomic E-state index is 12.3. The molecule has 128 valence electrons. The molecule has 23 heavy (non-hydrogen) atoms. The number of nitrogens with zero attached hydrogens (tertiary/aromatic N) is 1. The number of benzene rings is 1. The van der Waals surface area contributed by atoms with E-state index >= 15 is 0 Å². The van der Waals surface area contributed by atoms with Gasteiger partial charge in [0, 0.05) is 13.1 Å². The molecule has 0 aliphatic carbocycles. The minimum atomic E-state index is -4.17. The zero-order chi connectivity index (χ0) is 16.9. The van der Waals surface area contributed by atoms with Crippen LogP contribution in [0.4, 0.5) is 13.2 Å². The Labute approximate surface area is 133 Å². The fraction of sp³-hybridized carbons (Fsp3) is 0.562. The van der Waals surface area contributed by atoms with Crippen LogP contribution in [0.25, 0.3) is 0 Å². The highest BCUT2D eigenvalue weighted by atomic mass is 19.4. The number of hydrogen-bond donors (Lipinski definition) is 2. The van der Waals surface area contributed by atoms with Gasteiger partial charge in [0.15, 0.2) is 0 Å². The van der Waals surface area contributed by atoms with E-state index in [1.54, 1.807) is 0 Å². The highest BCUT2D eigenvalue weighted by Crippen LogP contribution is 2.22. The van der Waals surface area contributed by atoms with E-state index < -0.39 is 18.8 Å². The summed E-state index contributed by atoms with van der Waals surface area (Å²) in [4.78, 5) is 13.4. The number of hydrogen-bond acceptors (Lipinski definition) is 3. The zero-order valence-electron chi connectivity index (χ0n) is 12.9. The van der Waals surface area contributed by atoms with Gasteiger partial charge in [0.05, 0.1) is 12.6 Å². The van der Waals surface area contributed by atoms with Crippen LogP contribution in [0.2, 0.25) is 0 Å². The number of halogens is 3. The number of alkyl halides is 3. The molecule has 0 bridgehead atoms. The monoisotopic (exact) mass is 329 g/mol. The molecular weight excluding hydrogens is 307 g/mol. The summed E-state index contributed by atoms with van der Waals surface area (Å²) in [7, 11) is 0. The SMILES string of the molecule is N[C@@H](Cc1ccccc1)C(=O)NCC1CCN(CC(F)(F)F)C1. The van der Waals surface area contributed by atoms with Gasteiger partial charge in [-0.2, -0.15) is 13.2 Å². The van der Waals surface area contributed by atoms with E-state index in [1.165, 1.54) is 4.90 Å². The van der Waals surface area contributed by atoms with Crippen molar-refractivity contribution in [3.63, 3.8) is 0 Å². The average molecular weight is 329 g/mol. The summed E-state index contributed by atoms with van der Waals surface area (Å²) in [5.41, 5.74) is 6.85. The molecule has 1 heterocycles. The van der Waals surface area contributed by atoms with Gasteiger partial charge in [0.1, 0.15) is 0 Å². The fourth-order valence-corrected chi connectivity index (χ4v) is 2.81. The Morgan fingerprint density at radius 3 is 2.70 bits per heavy atom. The van der Waals surface area contributed by atoms with Gasteiger partial charge in [-0.05, 0) is 30.9 Å². The van der Waals surface area contributed by atoms with Crippen molar-refractivity contribution >= 4 is 5.91 Å². The normalized spacial score (nSPS) is 20.4. The minimum absolute atomic E-state index is 0.0465. The van der Waals surface area contributed by atoms with Gasteiger partial charge in [0.2, 0.25) is 5.91 Å². The molecule has 1 unspecified atom stereocenters. The Balaban J connectivity index is 1.70. The Morgan fingerprint density at radius 2 is 2.04 bits per heavy atom. The van der Waals surface area contributed by atoms with Crippen molar-refractivity contribution < 1.29 is 18.0 Å². The van der Waals surface area contributed by atoms with Crippen molar-refractivity contribution in [1.29, 1.82) is 0 Å². The molecule has 3 N–H and O–H groups in total. The lowest BCUT2D eigenvalue weighted by Gasteiger charge is -2.18. The molecule has 4 nitrogen and oxygen atoms in total. The molecule has 1 fully saturated rings. The second kappa shape index (κ2) is 7.79. The number of nitrogens with one attached hydrogen (secondary N) is 1. The Kier molecular flexibility index (Phi) is 6.01. The van der Waals surface area contributed by atoms with Crippen molar-refractivity contribution in [3.8, 4) is 0 Å². The van der Waals surface area contributed by atoms with Crippen molar-refractivity contribution in [2.45, 2.75) is 25.1 Å². The number of likely N-dealkylation sites (tertiary alicyclic amines) is 1. The Bertz CT molecular complexity index is 507. The van der Waals surface area contributed by atoms with Crippen molar-refractivity contribution in [1.82, 2.24) is 10.2 Å². The lowest BCUT2D eigenvalue weighted by atomic mass is 10.1. The molecule has 0 spiro atoms. The highest BCUT2D eigenvalue weighted by molar-refractivity contribution is 5.81. The molecule has 1 saturated heterocycles. The van der Waals surface area contributed by atoms with Crippen LogP contribution in [0, 0.1) is 5.92 Å². The lowest BCUT2D eigenvalue weighted by Crippen LogP contribution is -2.44. The third-order valence-corrected chi connectivity index (χ3v) is 3.97. The topological polar surface area (TPSA) is 58.4 Å². The van der Waals surface area contributed by atoms with Crippen LogP contribution in [0.5, 0.6) is 0 Å². The largest absolute Gasteiger partial charge is 0.401 e. The van der Waals surface area contributed by atoms with Crippen LogP contribution in [-0.2, 0) is 11.2 Å². The molecule has 1 aromatic rings. The second-order valence-electron chi connectivity index (χ2n) is 6.05. The van der Waals surface area contributed by atoms with Crippen molar-refractivity contribution in [3.05, 3.63) is 35.9 Å².